The summed E-state index contributed by atoms with van der Waals surface area (Å²) in [5, 5.41) is 6.94. The Balaban J connectivity index is 0.00000480. The highest BCUT2D eigenvalue weighted by molar-refractivity contribution is 14.0. The fourth-order valence-electron chi connectivity index (χ4n) is 3.76. The Kier molecular flexibility index (Phi) is 14.9. The van der Waals surface area contributed by atoms with Crippen molar-refractivity contribution >= 4 is 29.9 Å². The zero-order chi connectivity index (χ0) is 21.6. The van der Waals surface area contributed by atoms with Gasteiger partial charge in [0.1, 0.15) is 12.4 Å². The number of ether oxygens (including phenoxy) is 2. The van der Waals surface area contributed by atoms with Crippen LogP contribution in [0.5, 0.6) is 5.75 Å². The number of likely N-dealkylation sites (tertiary alicyclic amines) is 1. The van der Waals surface area contributed by atoms with Crippen molar-refractivity contribution < 1.29 is 9.47 Å². The van der Waals surface area contributed by atoms with Crippen molar-refractivity contribution in [2.75, 3.05) is 52.5 Å². The largest absolute Gasteiger partial charge is 0.491 e. The maximum atomic E-state index is 5.96. The molecule has 0 aromatic heterocycles. The summed E-state index contributed by atoms with van der Waals surface area (Å²) in [6.07, 6.45) is 3.78. The molecule has 178 valence electrons. The number of aliphatic imine (C=N–C) groups is 1. The van der Waals surface area contributed by atoms with Crippen molar-refractivity contribution in [3.05, 3.63) is 29.3 Å². The molecular weight excluding hydrogens is 503 g/mol. The van der Waals surface area contributed by atoms with Crippen LogP contribution in [0.4, 0.5) is 0 Å². The standard InChI is InChI=1S/C24H42N4O2.HI/c1-5-12-28-13-10-21(11-14-28)18-26-24(25-6-2)27-19-22-9-8-20(4)17-23(22)30-16-15-29-7-3;/h8-9,17,21H,5-7,10-16,18-19H2,1-4H3,(H2,25,26,27);1H. The van der Waals surface area contributed by atoms with E-state index in [0.717, 1.165) is 36.3 Å². The van der Waals surface area contributed by atoms with Crippen LogP contribution in [0.2, 0.25) is 0 Å². The van der Waals surface area contributed by atoms with Gasteiger partial charge in [-0.3, -0.25) is 0 Å². The van der Waals surface area contributed by atoms with Crippen molar-refractivity contribution in [2.45, 2.75) is 53.5 Å². The SMILES string of the molecule is CCCN1CCC(CNC(=NCc2ccc(C)cc2OCCOCC)NCC)CC1.I. The van der Waals surface area contributed by atoms with E-state index in [1.807, 2.05) is 6.92 Å². The van der Waals surface area contributed by atoms with E-state index in [2.05, 4.69) is 54.5 Å². The Labute approximate surface area is 206 Å². The molecule has 1 saturated heterocycles. The van der Waals surface area contributed by atoms with Gasteiger partial charge >= 0.3 is 0 Å². The Morgan fingerprint density at radius 3 is 2.58 bits per heavy atom. The van der Waals surface area contributed by atoms with Crippen LogP contribution in [-0.4, -0.2) is 63.4 Å². The minimum absolute atomic E-state index is 0. The van der Waals surface area contributed by atoms with Gasteiger partial charge in [-0.05, 0) is 77.2 Å². The molecule has 0 aliphatic carbocycles. The Bertz CT molecular complexity index is 634. The second kappa shape index (κ2) is 16.6. The zero-order valence-corrected chi connectivity index (χ0v) is 22.2. The van der Waals surface area contributed by atoms with Crippen LogP contribution in [0.15, 0.2) is 23.2 Å². The molecule has 1 aromatic carbocycles. The molecule has 1 aliphatic rings. The molecule has 0 amide bonds. The van der Waals surface area contributed by atoms with Crippen LogP contribution in [0.3, 0.4) is 0 Å². The van der Waals surface area contributed by atoms with E-state index in [-0.39, 0.29) is 24.0 Å². The predicted octanol–water partition coefficient (Wildman–Crippen LogP) is 4.21. The van der Waals surface area contributed by atoms with Crippen LogP contribution in [0.1, 0.15) is 51.2 Å². The van der Waals surface area contributed by atoms with E-state index in [4.69, 9.17) is 14.5 Å². The summed E-state index contributed by atoms with van der Waals surface area (Å²) in [4.78, 5) is 7.40. The molecule has 0 spiro atoms. The van der Waals surface area contributed by atoms with Gasteiger partial charge in [-0.2, -0.15) is 0 Å². The van der Waals surface area contributed by atoms with Gasteiger partial charge in [-0.15, -0.1) is 24.0 Å². The van der Waals surface area contributed by atoms with Crippen molar-refractivity contribution in [2.24, 2.45) is 10.9 Å². The van der Waals surface area contributed by atoms with Gasteiger partial charge in [-0.1, -0.05) is 19.1 Å². The molecule has 2 N–H and O–H groups in total. The summed E-state index contributed by atoms with van der Waals surface area (Å²) in [5.41, 5.74) is 2.29. The summed E-state index contributed by atoms with van der Waals surface area (Å²) < 4.78 is 11.3. The van der Waals surface area contributed by atoms with E-state index in [9.17, 15) is 0 Å². The molecule has 0 radical (unpaired) electrons. The average molecular weight is 547 g/mol. The molecule has 0 bridgehead atoms. The summed E-state index contributed by atoms with van der Waals surface area (Å²) in [6, 6.07) is 6.31. The Morgan fingerprint density at radius 1 is 1.13 bits per heavy atom. The van der Waals surface area contributed by atoms with Gasteiger partial charge in [0, 0.05) is 25.3 Å². The van der Waals surface area contributed by atoms with E-state index in [0.29, 0.717) is 26.4 Å². The molecule has 0 atom stereocenters. The third-order valence-electron chi connectivity index (χ3n) is 5.47. The first-order chi connectivity index (χ1) is 14.7. The molecule has 0 saturated carbocycles. The topological polar surface area (TPSA) is 58.1 Å². The molecule has 1 fully saturated rings. The normalized spacial score (nSPS) is 15.4. The van der Waals surface area contributed by atoms with Crippen molar-refractivity contribution in [3.63, 3.8) is 0 Å². The monoisotopic (exact) mass is 546 g/mol. The van der Waals surface area contributed by atoms with Gasteiger partial charge < -0.3 is 25.0 Å². The highest BCUT2D eigenvalue weighted by atomic mass is 127. The lowest BCUT2D eigenvalue weighted by Crippen LogP contribution is -2.43. The van der Waals surface area contributed by atoms with Gasteiger partial charge in [0.15, 0.2) is 5.96 Å². The van der Waals surface area contributed by atoms with Crippen molar-refractivity contribution in [1.29, 1.82) is 0 Å². The number of rotatable bonds is 12. The second-order valence-corrected chi connectivity index (χ2v) is 8.02. The molecule has 0 unspecified atom stereocenters. The first kappa shape index (κ1) is 28.0. The smallest absolute Gasteiger partial charge is 0.191 e. The fourth-order valence-corrected chi connectivity index (χ4v) is 3.76. The maximum Gasteiger partial charge on any atom is 0.191 e. The molecular formula is C24H43IN4O2. The van der Waals surface area contributed by atoms with E-state index < -0.39 is 0 Å². The molecule has 1 aromatic rings. The summed E-state index contributed by atoms with van der Waals surface area (Å²) >= 11 is 0. The minimum atomic E-state index is 0. The Hall–Kier alpha value is -1.06. The summed E-state index contributed by atoms with van der Waals surface area (Å²) in [5.74, 6) is 2.51. The number of nitrogens with zero attached hydrogens (tertiary/aromatic N) is 2. The number of halogens is 1. The Morgan fingerprint density at radius 2 is 1.90 bits per heavy atom. The van der Waals surface area contributed by atoms with Crippen molar-refractivity contribution in [1.82, 2.24) is 15.5 Å². The number of piperidine rings is 1. The third kappa shape index (κ3) is 10.9. The fraction of sp³-hybridized carbons (Fsp3) is 0.708. The molecule has 31 heavy (non-hydrogen) atoms. The number of benzene rings is 1. The number of aryl methyl sites for hydroxylation is 1. The summed E-state index contributed by atoms with van der Waals surface area (Å²) in [7, 11) is 0. The van der Waals surface area contributed by atoms with E-state index in [1.165, 1.54) is 44.5 Å². The highest BCUT2D eigenvalue weighted by Gasteiger charge is 2.18. The van der Waals surface area contributed by atoms with Crippen LogP contribution in [0.25, 0.3) is 0 Å². The van der Waals surface area contributed by atoms with E-state index in [1.54, 1.807) is 0 Å². The van der Waals surface area contributed by atoms with Crippen LogP contribution in [-0.2, 0) is 11.3 Å². The molecule has 2 rings (SSSR count). The first-order valence-corrected chi connectivity index (χ1v) is 11.7. The molecule has 1 aliphatic heterocycles. The zero-order valence-electron chi connectivity index (χ0n) is 19.9. The number of nitrogens with one attached hydrogen (secondary N) is 2. The van der Waals surface area contributed by atoms with Gasteiger partial charge in [0.25, 0.3) is 0 Å². The van der Waals surface area contributed by atoms with Gasteiger partial charge in [0.05, 0.1) is 13.2 Å². The number of guanidine groups is 1. The highest BCUT2D eigenvalue weighted by Crippen LogP contribution is 2.21. The van der Waals surface area contributed by atoms with Crippen LogP contribution in [0, 0.1) is 12.8 Å². The summed E-state index contributed by atoms with van der Waals surface area (Å²) in [6.45, 7) is 16.4. The quantitative estimate of drug-likeness (QED) is 0.178. The molecule has 1 heterocycles. The molecule has 6 nitrogen and oxygen atoms in total. The van der Waals surface area contributed by atoms with Gasteiger partial charge in [-0.25, -0.2) is 4.99 Å². The lowest BCUT2D eigenvalue weighted by molar-refractivity contribution is 0.110. The number of hydrogen-bond acceptors (Lipinski definition) is 4. The van der Waals surface area contributed by atoms with Crippen LogP contribution < -0.4 is 15.4 Å². The van der Waals surface area contributed by atoms with Crippen molar-refractivity contribution in [3.8, 4) is 5.75 Å². The van der Waals surface area contributed by atoms with Gasteiger partial charge in [0.2, 0.25) is 0 Å². The lowest BCUT2D eigenvalue weighted by atomic mass is 9.97. The number of hydrogen-bond donors (Lipinski definition) is 2. The lowest BCUT2D eigenvalue weighted by Gasteiger charge is -2.32. The first-order valence-electron chi connectivity index (χ1n) is 11.7. The third-order valence-corrected chi connectivity index (χ3v) is 5.47. The van der Waals surface area contributed by atoms with Crippen LogP contribution >= 0.6 is 24.0 Å². The predicted molar refractivity (Wildman–Crippen MR) is 141 cm³/mol. The maximum absolute atomic E-state index is 5.96. The average Bonchev–Trinajstić information content (AvgIpc) is 2.75. The minimum Gasteiger partial charge on any atom is -0.491 e. The second-order valence-electron chi connectivity index (χ2n) is 8.02. The van der Waals surface area contributed by atoms with E-state index >= 15 is 0 Å². The molecule has 7 heteroatoms.